The molecule has 1 rings (SSSR count). The van der Waals surface area contributed by atoms with Gasteiger partial charge in [0, 0.05) is 13.1 Å². The fraction of sp³-hybridized carbons (Fsp3) is 0.583. The van der Waals surface area contributed by atoms with Gasteiger partial charge in [-0.05, 0) is 25.6 Å². The maximum atomic E-state index is 12.0. The van der Waals surface area contributed by atoms with Crippen LogP contribution in [0.25, 0.3) is 0 Å². The molecule has 106 valence electrons. The van der Waals surface area contributed by atoms with Crippen molar-refractivity contribution in [3.8, 4) is 0 Å². The smallest absolute Gasteiger partial charge is 0.254 e. The summed E-state index contributed by atoms with van der Waals surface area (Å²) in [5.41, 5.74) is 0.193. The normalized spacial score (nSPS) is 11.7. The summed E-state index contributed by atoms with van der Waals surface area (Å²) in [5, 5.41) is 10.2. The molecule has 0 saturated carbocycles. The molecule has 1 aromatic heterocycles. The fourth-order valence-electron chi connectivity index (χ4n) is 1.84. The first-order chi connectivity index (χ1) is 8.71. The molecule has 0 aliphatic carbocycles. The lowest BCUT2D eigenvalue weighted by Gasteiger charge is -2.28. The lowest BCUT2D eigenvalue weighted by Crippen LogP contribution is -2.40. The van der Waals surface area contributed by atoms with Crippen molar-refractivity contribution in [3.63, 3.8) is 0 Å². The van der Waals surface area contributed by atoms with Crippen LogP contribution in [0.1, 0.15) is 24.2 Å². The molecule has 19 heavy (non-hydrogen) atoms. The second kappa shape index (κ2) is 6.50. The quantitative estimate of drug-likeness (QED) is 0.905. The molecule has 0 bridgehead atoms. The van der Waals surface area contributed by atoms with Gasteiger partial charge in [0.2, 0.25) is 0 Å². The Hall–Kier alpha value is -0.910. The molecule has 1 N–H and O–H groups in total. The summed E-state index contributed by atoms with van der Waals surface area (Å²) in [6.07, 6.45) is 0. The maximum Gasteiger partial charge on any atom is 0.254 e. The van der Waals surface area contributed by atoms with Crippen LogP contribution in [0, 0.1) is 5.41 Å². The van der Waals surface area contributed by atoms with Crippen LogP contribution in [0.4, 0.5) is 0 Å². The zero-order valence-corrected chi connectivity index (χ0v) is 13.0. The molecule has 0 saturated heterocycles. The number of halogens is 2. The van der Waals surface area contributed by atoms with Crippen molar-refractivity contribution in [2.75, 3.05) is 27.2 Å². The van der Waals surface area contributed by atoms with Crippen molar-refractivity contribution in [2.45, 2.75) is 13.8 Å². The highest BCUT2D eigenvalue weighted by atomic mass is 35.5. The average Bonchev–Trinajstić information content (AvgIpc) is 2.27. The topological polar surface area (TPSA) is 58.1 Å². The molecule has 0 spiro atoms. The number of nitrogens with zero attached hydrogens (tertiary/aromatic N) is 3. The van der Waals surface area contributed by atoms with Crippen LogP contribution in [0.5, 0.6) is 0 Å². The summed E-state index contributed by atoms with van der Waals surface area (Å²) in [4.78, 5) is 14.1. The van der Waals surface area contributed by atoms with Gasteiger partial charge in [-0.3, -0.25) is 4.79 Å². The summed E-state index contributed by atoms with van der Waals surface area (Å²) in [5.74, 6) is -0.298. The summed E-state index contributed by atoms with van der Waals surface area (Å²) < 4.78 is 0. The Labute approximate surface area is 123 Å². The monoisotopic (exact) mass is 304 g/mol. The van der Waals surface area contributed by atoms with Crippen molar-refractivity contribution in [1.82, 2.24) is 20.4 Å². The largest absolute Gasteiger partial charge is 0.351 e. The lowest BCUT2D eigenvalue weighted by molar-refractivity contribution is 0.0929. The van der Waals surface area contributed by atoms with Crippen molar-refractivity contribution < 1.29 is 4.79 Å². The van der Waals surface area contributed by atoms with Crippen LogP contribution >= 0.6 is 23.2 Å². The van der Waals surface area contributed by atoms with Gasteiger partial charge in [-0.1, -0.05) is 37.0 Å². The Bertz CT molecular complexity index is 463. The number of carbonyl (C=O) groups excluding carboxylic acids is 1. The molecule has 0 aliphatic heterocycles. The second-order valence-corrected chi connectivity index (χ2v) is 6.20. The van der Waals surface area contributed by atoms with E-state index in [-0.39, 0.29) is 27.2 Å². The summed E-state index contributed by atoms with van der Waals surface area (Å²) in [6.45, 7) is 5.54. The first-order valence-electron chi connectivity index (χ1n) is 5.83. The Morgan fingerprint density at radius 2 is 2.00 bits per heavy atom. The summed E-state index contributed by atoms with van der Waals surface area (Å²) in [7, 11) is 3.99. The highest BCUT2D eigenvalue weighted by Gasteiger charge is 2.21. The minimum Gasteiger partial charge on any atom is -0.351 e. The van der Waals surface area contributed by atoms with E-state index in [2.05, 4.69) is 34.3 Å². The highest BCUT2D eigenvalue weighted by molar-refractivity contribution is 6.34. The van der Waals surface area contributed by atoms with Gasteiger partial charge < -0.3 is 10.2 Å². The zero-order chi connectivity index (χ0) is 14.6. The Morgan fingerprint density at radius 1 is 1.37 bits per heavy atom. The van der Waals surface area contributed by atoms with E-state index in [1.807, 2.05) is 14.1 Å². The van der Waals surface area contributed by atoms with Crippen molar-refractivity contribution in [3.05, 3.63) is 21.9 Å². The lowest BCUT2D eigenvalue weighted by atomic mass is 9.93. The molecular weight excluding hydrogens is 287 g/mol. The van der Waals surface area contributed by atoms with Gasteiger partial charge >= 0.3 is 0 Å². The minimum atomic E-state index is -0.298. The predicted octanol–water partition coefficient (Wildman–Crippen LogP) is 2.10. The number of nitrogens with one attached hydrogen (secondary N) is 1. The van der Waals surface area contributed by atoms with Gasteiger partial charge in [0.05, 0.1) is 5.56 Å². The van der Waals surface area contributed by atoms with Crippen molar-refractivity contribution in [1.29, 1.82) is 0 Å². The van der Waals surface area contributed by atoms with Crippen LogP contribution in [0.3, 0.4) is 0 Å². The second-order valence-electron chi connectivity index (χ2n) is 5.46. The van der Waals surface area contributed by atoms with E-state index >= 15 is 0 Å². The third-order valence-electron chi connectivity index (χ3n) is 2.44. The highest BCUT2D eigenvalue weighted by Crippen LogP contribution is 2.17. The number of amides is 1. The van der Waals surface area contributed by atoms with Crippen molar-refractivity contribution in [2.24, 2.45) is 5.41 Å². The fourth-order valence-corrected chi connectivity index (χ4v) is 2.16. The molecule has 0 aliphatic rings. The van der Waals surface area contributed by atoms with E-state index in [9.17, 15) is 4.79 Å². The van der Waals surface area contributed by atoms with E-state index < -0.39 is 0 Å². The molecule has 1 aromatic rings. The molecule has 0 aromatic carbocycles. The predicted molar refractivity (Wildman–Crippen MR) is 76.7 cm³/mol. The molecular formula is C12H18Cl2N4O. The van der Waals surface area contributed by atoms with Gasteiger partial charge in [-0.2, -0.15) is 0 Å². The van der Waals surface area contributed by atoms with Crippen LogP contribution in [0.15, 0.2) is 6.07 Å². The van der Waals surface area contributed by atoms with Crippen molar-refractivity contribution >= 4 is 29.1 Å². The molecule has 0 fully saturated rings. The van der Waals surface area contributed by atoms with Crippen LogP contribution in [0.2, 0.25) is 10.3 Å². The Balaban J connectivity index is 2.68. The number of hydrogen-bond acceptors (Lipinski definition) is 4. The average molecular weight is 305 g/mol. The van der Waals surface area contributed by atoms with E-state index in [4.69, 9.17) is 23.2 Å². The van der Waals surface area contributed by atoms with Gasteiger partial charge in [-0.25, -0.2) is 0 Å². The molecule has 0 radical (unpaired) electrons. The third-order valence-corrected chi connectivity index (χ3v) is 2.90. The number of rotatable bonds is 5. The number of aromatic nitrogens is 2. The molecule has 0 unspecified atom stereocenters. The molecule has 1 heterocycles. The number of carbonyl (C=O) groups is 1. The van der Waals surface area contributed by atoms with Crippen LogP contribution < -0.4 is 5.32 Å². The van der Waals surface area contributed by atoms with Gasteiger partial charge in [0.25, 0.3) is 5.91 Å². The number of hydrogen-bond donors (Lipinski definition) is 1. The zero-order valence-electron chi connectivity index (χ0n) is 11.5. The van der Waals surface area contributed by atoms with E-state index in [1.54, 1.807) is 0 Å². The summed E-state index contributed by atoms with van der Waals surface area (Å²) >= 11 is 11.5. The SMILES string of the molecule is CN(C)CC(C)(C)CNC(=O)c1cc(Cl)nnc1Cl. The molecule has 5 nitrogen and oxygen atoms in total. The first-order valence-corrected chi connectivity index (χ1v) is 6.58. The Morgan fingerprint density at radius 3 is 2.58 bits per heavy atom. The molecule has 1 amide bonds. The van der Waals surface area contributed by atoms with Gasteiger partial charge in [-0.15, -0.1) is 10.2 Å². The van der Waals surface area contributed by atoms with E-state index in [0.29, 0.717) is 6.54 Å². The van der Waals surface area contributed by atoms with E-state index in [0.717, 1.165) is 6.54 Å². The minimum absolute atomic E-state index is 0.0457. The molecule has 7 heteroatoms. The van der Waals surface area contributed by atoms with Crippen LogP contribution in [-0.4, -0.2) is 48.2 Å². The first kappa shape index (κ1) is 16.1. The maximum absolute atomic E-state index is 12.0. The van der Waals surface area contributed by atoms with Crippen LogP contribution in [-0.2, 0) is 0 Å². The third kappa shape index (κ3) is 5.30. The van der Waals surface area contributed by atoms with E-state index in [1.165, 1.54) is 6.07 Å². The Kier molecular flexibility index (Phi) is 5.52. The standard InChI is InChI=1S/C12H18Cl2N4O/c1-12(2,7-18(3)4)6-15-11(19)8-5-9(13)16-17-10(8)14/h5H,6-7H2,1-4H3,(H,15,19). The van der Waals surface area contributed by atoms with Gasteiger partial charge in [0.15, 0.2) is 10.3 Å². The molecule has 0 atom stereocenters. The van der Waals surface area contributed by atoms with Gasteiger partial charge in [0.1, 0.15) is 0 Å². The summed E-state index contributed by atoms with van der Waals surface area (Å²) in [6, 6.07) is 1.41.